The van der Waals surface area contributed by atoms with E-state index >= 15 is 0 Å². The van der Waals surface area contributed by atoms with Crippen molar-refractivity contribution in [1.29, 1.82) is 0 Å². The van der Waals surface area contributed by atoms with Gasteiger partial charge in [-0.05, 0) is 11.6 Å². The molecule has 0 aromatic heterocycles. The standard InChI is InChI=1S/C10H13NO2/c11-5-8-3-1-2-7-4-9(6-12)13-10(7)8/h1-4,7,10,12H,5-6,11H2. The normalized spacial score (nSPS) is 30.6. The van der Waals surface area contributed by atoms with E-state index in [1.165, 1.54) is 0 Å². The average Bonchev–Trinajstić information content (AvgIpc) is 2.59. The van der Waals surface area contributed by atoms with Crippen molar-refractivity contribution in [2.45, 2.75) is 6.10 Å². The first kappa shape index (κ1) is 8.53. The molecule has 2 atom stereocenters. The van der Waals surface area contributed by atoms with Gasteiger partial charge in [-0.1, -0.05) is 18.2 Å². The van der Waals surface area contributed by atoms with Crippen molar-refractivity contribution in [2.75, 3.05) is 13.2 Å². The maximum absolute atomic E-state index is 8.90. The highest BCUT2D eigenvalue weighted by Gasteiger charge is 2.30. The summed E-state index contributed by atoms with van der Waals surface area (Å²) in [5, 5.41) is 8.90. The van der Waals surface area contributed by atoms with E-state index in [9.17, 15) is 0 Å². The van der Waals surface area contributed by atoms with Gasteiger partial charge in [-0.2, -0.15) is 0 Å². The van der Waals surface area contributed by atoms with Gasteiger partial charge in [0.05, 0.1) is 0 Å². The van der Waals surface area contributed by atoms with Crippen LogP contribution in [-0.2, 0) is 4.74 Å². The summed E-state index contributed by atoms with van der Waals surface area (Å²) in [6.07, 6.45) is 8.01. The molecule has 1 heterocycles. The fourth-order valence-electron chi connectivity index (χ4n) is 1.74. The molecule has 70 valence electrons. The summed E-state index contributed by atoms with van der Waals surface area (Å²) in [5.74, 6) is 0.909. The van der Waals surface area contributed by atoms with Crippen LogP contribution in [-0.4, -0.2) is 24.4 Å². The molecule has 2 aliphatic rings. The van der Waals surface area contributed by atoms with Crippen molar-refractivity contribution in [1.82, 2.24) is 0 Å². The number of ether oxygens (including phenoxy) is 1. The van der Waals surface area contributed by atoms with Crippen LogP contribution in [0.3, 0.4) is 0 Å². The molecule has 0 aromatic carbocycles. The van der Waals surface area contributed by atoms with E-state index in [0.29, 0.717) is 12.3 Å². The Morgan fingerprint density at radius 2 is 2.38 bits per heavy atom. The van der Waals surface area contributed by atoms with Gasteiger partial charge in [0.2, 0.25) is 0 Å². The Morgan fingerprint density at radius 1 is 1.54 bits per heavy atom. The quantitative estimate of drug-likeness (QED) is 0.642. The highest BCUT2D eigenvalue weighted by molar-refractivity contribution is 5.32. The second kappa shape index (κ2) is 3.36. The molecule has 1 aliphatic heterocycles. The molecule has 0 saturated heterocycles. The van der Waals surface area contributed by atoms with Gasteiger partial charge < -0.3 is 15.6 Å². The molecule has 13 heavy (non-hydrogen) atoms. The summed E-state index contributed by atoms with van der Waals surface area (Å²) in [6.45, 7) is 0.483. The third-order valence-corrected chi connectivity index (χ3v) is 2.41. The van der Waals surface area contributed by atoms with Crippen LogP contribution in [0.25, 0.3) is 0 Å². The summed E-state index contributed by atoms with van der Waals surface area (Å²) in [6, 6.07) is 0. The fraction of sp³-hybridized carbons (Fsp3) is 0.400. The second-order valence-electron chi connectivity index (χ2n) is 3.24. The molecule has 0 bridgehead atoms. The van der Waals surface area contributed by atoms with Crippen LogP contribution in [0.15, 0.2) is 35.6 Å². The minimum absolute atomic E-state index is 0.0251. The van der Waals surface area contributed by atoms with Crippen molar-refractivity contribution < 1.29 is 9.84 Å². The summed E-state index contributed by atoms with van der Waals surface area (Å²) in [4.78, 5) is 0. The predicted octanol–water partition coefficient (Wildman–Crippen LogP) is 0.333. The lowest BCUT2D eigenvalue weighted by Gasteiger charge is -2.21. The van der Waals surface area contributed by atoms with Crippen LogP contribution in [0.2, 0.25) is 0 Å². The van der Waals surface area contributed by atoms with Gasteiger partial charge >= 0.3 is 0 Å². The summed E-state index contributed by atoms with van der Waals surface area (Å²) in [7, 11) is 0. The summed E-state index contributed by atoms with van der Waals surface area (Å²) >= 11 is 0. The number of allylic oxidation sites excluding steroid dienone is 2. The van der Waals surface area contributed by atoms with Crippen molar-refractivity contribution in [3.8, 4) is 0 Å². The molecule has 3 N–H and O–H groups in total. The van der Waals surface area contributed by atoms with Gasteiger partial charge in [0.1, 0.15) is 18.5 Å². The van der Waals surface area contributed by atoms with Crippen molar-refractivity contribution in [3.63, 3.8) is 0 Å². The van der Waals surface area contributed by atoms with Crippen LogP contribution in [0.1, 0.15) is 0 Å². The maximum Gasteiger partial charge on any atom is 0.131 e. The largest absolute Gasteiger partial charge is 0.487 e. The topological polar surface area (TPSA) is 55.5 Å². The molecule has 0 fully saturated rings. The molecule has 1 aliphatic carbocycles. The monoisotopic (exact) mass is 179 g/mol. The number of aliphatic hydroxyl groups is 1. The Hall–Kier alpha value is -1.06. The van der Waals surface area contributed by atoms with Gasteiger partial charge in [0.15, 0.2) is 0 Å². The Morgan fingerprint density at radius 3 is 3.08 bits per heavy atom. The first-order valence-corrected chi connectivity index (χ1v) is 4.40. The Bertz CT molecular complexity index is 291. The van der Waals surface area contributed by atoms with E-state index in [1.807, 2.05) is 18.2 Å². The number of hydrogen-bond donors (Lipinski definition) is 2. The summed E-state index contributed by atoms with van der Waals surface area (Å²) < 4.78 is 5.53. The molecule has 0 aromatic rings. The van der Waals surface area contributed by atoms with Gasteiger partial charge in [0, 0.05) is 12.5 Å². The van der Waals surface area contributed by atoms with Crippen LogP contribution in [0.4, 0.5) is 0 Å². The number of rotatable bonds is 2. The minimum atomic E-state index is -0.0291. The molecule has 0 spiro atoms. The number of hydrogen-bond acceptors (Lipinski definition) is 3. The zero-order valence-corrected chi connectivity index (χ0v) is 7.31. The highest BCUT2D eigenvalue weighted by Crippen LogP contribution is 2.31. The summed E-state index contributed by atoms with van der Waals surface area (Å²) in [5.41, 5.74) is 6.67. The number of nitrogens with two attached hydrogens (primary N) is 1. The first-order chi connectivity index (χ1) is 6.35. The molecule has 3 nitrogen and oxygen atoms in total. The van der Waals surface area contributed by atoms with Crippen molar-refractivity contribution >= 4 is 0 Å². The Kier molecular flexibility index (Phi) is 2.20. The number of aliphatic hydroxyl groups excluding tert-OH is 1. The third-order valence-electron chi connectivity index (χ3n) is 2.41. The van der Waals surface area contributed by atoms with Gasteiger partial charge in [0.25, 0.3) is 0 Å². The van der Waals surface area contributed by atoms with Crippen molar-refractivity contribution in [2.24, 2.45) is 11.7 Å². The lowest BCUT2D eigenvalue weighted by Crippen LogP contribution is -2.25. The molecule has 0 saturated carbocycles. The molecule has 3 heteroatoms. The fourth-order valence-corrected chi connectivity index (χ4v) is 1.74. The first-order valence-electron chi connectivity index (χ1n) is 4.40. The zero-order valence-electron chi connectivity index (χ0n) is 7.31. The lowest BCUT2D eigenvalue weighted by molar-refractivity contribution is 0.122. The molecular weight excluding hydrogens is 166 g/mol. The third kappa shape index (κ3) is 1.41. The van der Waals surface area contributed by atoms with E-state index in [-0.39, 0.29) is 18.6 Å². The van der Waals surface area contributed by atoms with E-state index < -0.39 is 0 Å². The van der Waals surface area contributed by atoms with E-state index in [4.69, 9.17) is 15.6 Å². The predicted molar refractivity (Wildman–Crippen MR) is 49.8 cm³/mol. The highest BCUT2D eigenvalue weighted by atomic mass is 16.5. The van der Waals surface area contributed by atoms with Gasteiger partial charge in [-0.25, -0.2) is 0 Å². The molecule has 0 amide bonds. The van der Waals surface area contributed by atoms with Crippen LogP contribution < -0.4 is 5.73 Å². The molecule has 2 rings (SSSR count). The van der Waals surface area contributed by atoms with Crippen LogP contribution >= 0.6 is 0 Å². The SMILES string of the molecule is NCC1=CC=CC2C=C(CO)OC12. The van der Waals surface area contributed by atoms with E-state index in [2.05, 4.69) is 6.08 Å². The van der Waals surface area contributed by atoms with Gasteiger partial charge in [-0.3, -0.25) is 0 Å². The average molecular weight is 179 g/mol. The molecule has 2 unspecified atom stereocenters. The van der Waals surface area contributed by atoms with E-state index in [1.54, 1.807) is 0 Å². The minimum Gasteiger partial charge on any atom is -0.487 e. The van der Waals surface area contributed by atoms with Crippen molar-refractivity contribution in [3.05, 3.63) is 35.6 Å². The Labute approximate surface area is 77.2 Å². The lowest BCUT2D eigenvalue weighted by atomic mass is 9.92. The van der Waals surface area contributed by atoms with Gasteiger partial charge in [-0.15, -0.1) is 0 Å². The Balaban J connectivity index is 2.18. The second-order valence-corrected chi connectivity index (χ2v) is 3.24. The zero-order chi connectivity index (χ0) is 9.26. The van der Waals surface area contributed by atoms with Crippen LogP contribution in [0, 0.1) is 5.92 Å². The van der Waals surface area contributed by atoms with E-state index in [0.717, 1.165) is 5.57 Å². The molecule has 0 radical (unpaired) electrons. The smallest absolute Gasteiger partial charge is 0.131 e. The molecular formula is C10H13NO2. The maximum atomic E-state index is 8.90. The number of fused-ring (bicyclic) bond motifs is 1. The van der Waals surface area contributed by atoms with Crippen LogP contribution in [0.5, 0.6) is 0 Å².